The van der Waals surface area contributed by atoms with Gasteiger partial charge < -0.3 is 10.4 Å². The second-order valence-corrected chi connectivity index (χ2v) is 9.14. The number of piperazine rings is 1. The van der Waals surface area contributed by atoms with Crippen LogP contribution in [-0.4, -0.2) is 50.2 Å². The van der Waals surface area contributed by atoms with E-state index in [0.717, 1.165) is 0 Å². The van der Waals surface area contributed by atoms with Crippen LogP contribution in [0.3, 0.4) is 0 Å². The van der Waals surface area contributed by atoms with Crippen LogP contribution in [0.5, 0.6) is 0 Å². The van der Waals surface area contributed by atoms with Gasteiger partial charge in [-0.3, -0.25) is 4.98 Å². The van der Waals surface area contributed by atoms with Crippen molar-refractivity contribution in [1.82, 2.24) is 18.9 Å². The van der Waals surface area contributed by atoms with Gasteiger partial charge in [-0.05, 0) is 25.1 Å². The lowest BCUT2D eigenvalue weighted by molar-refractivity contribution is 0.0696. The molecule has 1 unspecified atom stereocenters. The summed E-state index contributed by atoms with van der Waals surface area (Å²) in [5.74, 6) is -1.08. The predicted molar refractivity (Wildman–Crippen MR) is 115 cm³/mol. The molecule has 158 valence electrons. The quantitative estimate of drug-likeness (QED) is 0.568. The van der Waals surface area contributed by atoms with E-state index in [1.807, 2.05) is 6.92 Å². The number of hydrogen-bond donors (Lipinski definition) is 3. The van der Waals surface area contributed by atoms with Crippen LogP contribution in [0, 0.1) is 0 Å². The number of halogens is 2. The summed E-state index contributed by atoms with van der Waals surface area (Å²) < 4.78 is 29.1. The zero-order valence-corrected chi connectivity index (χ0v) is 18.1. The molecule has 1 saturated heterocycles. The van der Waals surface area contributed by atoms with Crippen molar-refractivity contribution < 1.29 is 18.3 Å². The maximum atomic E-state index is 13.4. The highest BCUT2D eigenvalue weighted by molar-refractivity contribution is 7.89. The summed E-state index contributed by atoms with van der Waals surface area (Å²) in [6.07, 6.45) is 1.21. The topological polar surface area (TPSA) is 108 Å². The fourth-order valence-corrected chi connectivity index (χ4v) is 5.26. The molecule has 0 aliphatic carbocycles. The van der Waals surface area contributed by atoms with Gasteiger partial charge in [0.1, 0.15) is 13.1 Å². The number of nitrogens with zero attached hydrogens (tertiary/aromatic N) is 2. The molecule has 0 saturated carbocycles. The summed E-state index contributed by atoms with van der Waals surface area (Å²) in [4.78, 5) is 14.9. The zero-order valence-electron chi connectivity index (χ0n) is 15.7. The van der Waals surface area contributed by atoms with Crippen LogP contribution in [0.25, 0.3) is 0 Å². The SMILES string of the molecule is CC1C[N@@+](c2cccc(Cl)c2)(S(=O)(=O)NCc2ccc(C(=O)O)cn2)CCN1.Cl. The van der Waals surface area contributed by atoms with Gasteiger partial charge in [-0.1, -0.05) is 17.7 Å². The van der Waals surface area contributed by atoms with Gasteiger partial charge in [0.15, 0.2) is 5.69 Å². The van der Waals surface area contributed by atoms with Crippen LogP contribution in [-0.2, 0) is 16.8 Å². The molecule has 8 nitrogen and oxygen atoms in total. The van der Waals surface area contributed by atoms with Crippen molar-refractivity contribution in [2.24, 2.45) is 0 Å². The second kappa shape index (κ2) is 9.38. The van der Waals surface area contributed by atoms with Gasteiger partial charge in [-0.25, -0.2) is 4.79 Å². The molecule has 1 aromatic carbocycles. The fraction of sp³-hybridized carbons (Fsp3) is 0.333. The summed E-state index contributed by atoms with van der Waals surface area (Å²) in [7, 11) is -3.84. The first-order valence-corrected chi connectivity index (χ1v) is 10.6. The number of rotatable bonds is 6. The van der Waals surface area contributed by atoms with Gasteiger partial charge in [0.2, 0.25) is 0 Å². The zero-order chi connectivity index (χ0) is 20.4. The Balaban J connectivity index is 0.00000300. The molecule has 2 atom stereocenters. The molecule has 1 fully saturated rings. The van der Waals surface area contributed by atoms with Crippen molar-refractivity contribution in [3.05, 3.63) is 58.9 Å². The van der Waals surface area contributed by atoms with Crippen LogP contribution in [0.4, 0.5) is 5.69 Å². The molecular formula is C18H23Cl2N4O4S+. The van der Waals surface area contributed by atoms with Gasteiger partial charge in [-0.2, -0.15) is 17.0 Å². The first-order valence-electron chi connectivity index (χ1n) is 8.78. The molecule has 2 heterocycles. The summed E-state index contributed by atoms with van der Waals surface area (Å²) in [5, 5.41) is 12.7. The number of aromatic carboxylic acids is 1. The minimum Gasteiger partial charge on any atom is -0.478 e. The first-order chi connectivity index (χ1) is 13.2. The Kier molecular flexibility index (Phi) is 7.61. The van der Waals surface area contributed by atoms with E-state index in [1.54, 1.807) is 24.3 Å². The van der Waals surface area contributed by atoms with Crippen LogP contribution in [0.1, 0.15) is 23.0 Å². The van der Waals surface area contributed by atoms with Gasteiger partial charge >= 0.3 is 16.2 Å². The van der Waals surface area contributed by atoms with Crippen molar-refractivity contribution in [3.8, 4) is 0 Å². The van der Waals surface area contributed by atoms with Crippen LogP contribution in [0.15, 0.2) is 42.6 Å². The summed E-state index contributed by atoms with van der Waals surface area (Å²) >= 11 is 6.13. The van der Waals surface area contributed by atoms with Gasteiger partial charge in [-0.15, -0.1) is 12.4 Å². The average molecular weight is 462 g/mol. The Morgan fingerprint density at radius 3 is 2.72 bits per heavy atom. The van der Waals surface area contributed by atoms with Gasteiger partial charge in [0, 0.05) is 29.9 Å². The number of hydrogen-bond acceptors (Lipinski definition) is 5. The lowest BCUT2D eigenvalue weighted by atomic mass is 10.2. The van der Waals surface area contributed by atoms with Gasteiger partial charge in [0.05, 0.1) is 23.8 Å². The molecule has 1 aliphatic heterocycles. The maximum Gasteiger partial charge on any atom is 0.375 e. The molecule has 3 rings (SSSR count). The lowest BCUT2D eigenvalue weighted by Crippen LogP contribution is -2.68. The maximum absolute atomic E-state index is 13.4. The highest BCUT2D eigenvalue weighted by atomic mass is 35.5. The smallest absolute Gasteiger partial charge is 0.375 e. The number of pyridine rings is 1. The third-order valence-corrected chi connectivity index (χ3v) is 6.99. The minimum atomic E-state index is -3.84. The lowest BCUT2D eigenvalue weighted by Gasteiger charge is -2.41. The molecule has 0 amide bonds. The van der Waals surface area contributed by atoms with E-state index in [2.05, 4.69) is 15.0 Å². The van der Waals surface area contributed by atoms with Crippen molar-refractivity contribution in [1.29, 1.82) is 0 Å². The molecular weight excluding hydrogens is 439 g/mol. The van der Waals surface area contributed by atoms with E-state index in [1.165, 1.54) is 18.3 Å². The number of benzene rings is 1. The Bertz CT molecular complexity index is 972. The Morgan fingerprint density at radius 2 is 2.14 bits per heavy atom. The van der Waals surface area contributed by atoms with E-state index in [4.69, 9.17) is 16.7 Å². The van der Waals surface area contributed by atoms with E-state index in [-0.39, 0.29) is 34.4 Å². The Hall–Kier alpha value is -1.75. The van der Waals surface area contributed by atoms with Crippen molar-refractivity contribution in [2.45, 2.75) is 19.5 Å². The Morgan fingerprint density at radius 1 is 1.38 bits per heavy atom. The van der Waals surface area contributed by atoms with Crippen LogP contribution in [0.2, 0.25) is 5.02 Å². The van der Waals surface area contributed by atoms with Crippen molar-refractivity contribution in [3.63, 3.8) is 0 Å². The van der Waals surface area contributed by atoms with Crippen molar-refractivity contribution in [2.75, 3.05) is 19.6 Å². The number of carboxylic acid groups (broad SMARTS) is 1. The largest absolute Gasteiger partial charge is 0.478 e. The molecule has 3 N–H and O–H groups in total. The highest BCUT2D eigenvalue weighted by Gasteiger charge is 2.47. The predicted octanol–water partition coefficient (Wildman–Crippen LogP) is 2.19. The van der Waals surface area contributed by atoms with Crippen molar-refractivity contribution >= 4 is 45.9 Å². The van der Waals surface area contributed by atoms with E-state index >= 15 is 0 Å². The summed E-state index contributed by atoms with van der Waals surface area (Å²) in [6.45, 7) is 3.15. The number of quaternary nitrogens is 1. The average Bonchev–Trinajstić information content (AvgIpc) is 2.66. The van der Waals surface area contributed by atoms with Crippen LogP contribution >= 0.6 is 24.0 Å². The standard InChI is InChI=1S/C18H21ClN4O4S.ClH/c1-13-12-23(8-7-20-13,17-4-2-3-15(19)9-17)28(26,27)22-11-16-6-5-14(10-21-16)18(24)25;/h2-6,9-10,13,20,22H,7-8,11-12H2,1H3;1H/p+1/t13?,23-;/m0./s1. The van der Waals surface area contributed by atoms with E-state index < -0.39 is 16.2 Å². The minimum absolute atomic E-state index is 0. The normalized spacial score (nSPS) is 21.9. The highest BCUT2D eigenvalue weighted by Crippen LogP contribution is 2.31. The molecule has 0 bridgehead atoms. The Labute approximate surface area is 181 Å². The van der Waals surface area contributed by atoms with E-state index in [9.17, 15) is 13.2 Å². The molecule has 11 heteroatoms. The first kappa shape index (κ1) is 23.5. The number of nitrogens with one attached hydrogen (secondary N) is 2. The summed E-state index contributed by atoms with van der Waals surface area (Å²) in [5.41, 5.74) is 1.08. The number of carboxylic acids is 1. The molecule has 1 aliphatic rings. The van der Waals surface area contributed by atoms with E-state index in [0.29, 0.717) is 36.0 Å². The van der Waals surface area contributed by atoms with Crippen LogP contribution < -0.4 is 13.9 Å². The number of aromatic nitrogens is 1. The molecule has 1 aromatic heterocycles. The number of carbonyl (C=O) groups is 1. The third kappa shape index (κ3) is 5.06. The molecule has 0 spiro atoms. The third-order valence-electron chi connectivity index (χ3n) is 4.78. The van der Waals surface area contributed by atoms with Gasteiger partial charge in [0.25, 0.3) is 0 Å². The second-order valence-electron chi connectivity index (χ2n) is 6.77. The molecule has 0 radical (unpaired) electrons. The fourth-order valence-electron chi connectivity index (χ4n) is 3.36. The monoisotopic (exact) mass is 461 g/mol. The molecule has 29 heavy (non-hydrogen) atoms. The molecule has 2 aromatic rings. The summed E-state index contributed by atoms with van der Waals surface area (Å²) in [6, 6.07) is 9.79.